The third kappa shape index (κ3) is 4.39. The van der Waals surface area contributed by atoms with Crippen LogP contribution in [0.5, 0.6) is 0 Å². The lowest BCUT2D eigenvalue weighted by molar-refractivity contribution is -0.115. The van der Waals surface area contributed by atoms with Gasteiger partial charge in [-0.1, -0.05) is 6.07 Å². The van der Waals surface area contributed by atoms with Crippen LogP contribution in [0.1, 0.15) is 28.1 Å². The molecule has 0 bridgehead atoms. The molecule has 0 unspecified atom stereocenters. The fraction of sp³-hybridized carbons (Fsp3) is 0.167. The second-order valence-corrected chi connectivity index (χ2v) is 9.74. The summed E-state index contributed by atoms with van der Waals surface area (Å²) in [5.74, 6) is -0.109. The Labute approximate surface area is 194 Å². The highest BCUT2D eigenvalue weighted by atomic mass is 127. The average molecular weight is 527 g/mol. The van der Waals surface area contributed by atoms with E-state index in [4.69, 9.17) is 0 Å². The first-order valence-electron chi connectivity index (χ1n) is 9.63. The van der Waals surface area contributed by atoms with Crippen LogP contribution in [0.25, 0.3) is 11.8 Å². The molecule has 1 saturated heterocycles. The minimum Gasteiger partial charge on any atom is -0.318 e. The Hall–Kier alpha value is -2.32. The fourth-order valence-electron chi connectivity index (χ4n) is 3.68. The molecule has 1 aliphatic rings. The van der Waals surface area contributed by atoms with Gasteiger partial charge in [-0.2, -0.15) is 0 Å². The minimum atomic E-state index is -0.109. The van der Waals surface area contributed by atoms with Crippen molar-refractivity contribution >= 4 is 57.2 Å². The molecule has 30 heavy (non-hydrogen) atoms. The van der Waals surface area contributed by atoms with Crippen LogP contribution in [-0.4, -0.2) is 15.6 Å². The van der Waals surface area contributed by atoms with Crippen molar-refractivity contribution in [2.24, 2.45) is 4.99 Å². The van der Waals surface area contributed by atoms with Crippen LogP contribution in [0, 0.1) is 31.3 Å². The lowest BCUT2D eigenvalue weighted by Crippen LogP contribution is -2.19. The normalized spacial score (nSPS) is 16.5. The number of benzene rings is 2. The molecule has 1 amide bonds. The highest BCUT2D eigenvalue weighted by Crippen LogP contribution is 2.31. The van der Waals surface area contributed by atoms with Gasteiger partial charge in [0.05, 0.1) is 10.6 Å². The second-order valence-electron chi connectivity index (χ2n) is 7.47. The minimum absolute atomic E-state index is 0.109. The monoisotopic (exact) mass is 527 g/mol. The van der Waals surface area contributed by atoms with Gasteiger partial charge in [0.15, 0.2) is 5.17 Å². The molecule has 4 rings (SSSR count). The molecular formula is C24H22IN3OS. The number of aliphatic imine (C=N–C) groups is 1. The zero-order valence-corrected chi connectivity index (χ0v) is 20.3. The highest BCUT2D eigenvalue weighted by molar-refractivity contribution is 14.1. The van der Waals surface area contributed by atoms with E-state index in [0.717, 1.165) is 39.5 Å². The maximum atomic E-state index is 12.5. The Kier molecular flexibility index (Phi) is 5.88. The molecular weight excluding hydrogens is 505 g/mol. The summed E-state index contributed by atoms with van der Waals surface area (Å²) in [6.45, 7) is 8.26. The average Bonchev–Trinajstić information content (AvgIpc) is 3.14. The van der Waals surface area contributed by atoms with E-state index >= 15 is 0 Å². The Balaban J connectivity index is 1.64. The molecule has 0 atom stereocenters. The first kappa shape index (κ1) is 20.9. The van der Waals surface area contributed by atoms with Gasteiger partial charge in [-0.05, 0) is 127 Å². The number of amidine groups is 1. The summed E-state index contributed by atoms with van der Waals surface area (Å²) in [5.41, 5.74) is 7.56. The number of nitrogens with one attached hydrogen (secondary N) is 1. The van der Waals surface area contributed by atoms with E-state index in [1.165, 1.54) is 15.3 Å². The molecule has 2 heterocycles. The number of hydrogen-bond donors (Lipinski definition) is 1. The van der Waals surface area contributed by atoms with Crippen molar-refractivity contribution in [2.45, 2.75) is 27.7 Å². The van der Waals surface area contributed by atoms with Crippen LogP contribution in [-0.2, 0) is 4.79 Å². The van der Waals surface area contributed by atoms with Gasteiger partial charge in [0.1, 0.15) is 0 Å². The SMILES string of the molecule is Cc1cc(C)cc(N=C2NC(=O)/C(=C/c3cc(C)n(-c4ccc(I)cc4)c3C)S2)c1. The summed E-state index contributed by atoms with van der Waals surface area (Å²) in [6, 6.07) is 16.7. The van der Waals surface area contributed by atoms with Gasteiger partial charge in [-0.3, -0.25) is 4.79 Å². The number of thioether (sulfide) groups is 1. The number of halogens is 1. The molecule has 1 N–H and O–H groups in total. The van der Waals surface area contributed by atoms with E-state index in [2.05, 4.69) is 87.7 Å². The van der Waals surface area contributed by atoms with Gasteiger partial charge in [-0.25, -0.2) is 4.99 Å². The van der Waals surface area contributed by atoms with E-state index < -0.39 is 0 Å². The Morgan fingerprint density at radius 1 is 1.00 bits per heavy atom. The van der Waals surface area contributed by atoms with E-state index in [-0.39, 0.29) is 5.91 Å². The zero-order chi connectivity index (χ0) is 21.4. The number of aromatic nitrogens is 1. The zero-order valence-electron chi connectivity index (χ0n) is 17.3. The smallest absolute Gasteiger partial charge is 0.264 e. The molecule has 2 aromatic carbocycles. The molecule has 0 saturated carbocycles. The highest BCUT2D eigenvalue weighted by Gasteiger charge is 2.24. The van der Waals surface area contributed by atoms with E-state index in [0.29, 0.717) is 10.1 Å². The van der Waals surface area contributed by atoms with Gasteiger partial charge in [0.2, 0.25) is 0 Å². The van der Waals surface area contributed by atoms with Gasteiger partial charge < -0.3 is 9.88 Å². The summed E-state index contributed by atoms with van der Waals surface area (Å²) in [7, 11) is 0. The summed E-state index contributed by atoms with van der Waals surface area (Å²) in [6.07, 6.45) is 1.95. The largest absolute Gasteiger partial charge is 0.318 e. The van der Waals surface area contributed by atoms with Gasteiger partial charge in [-0.15, -0.1) is 0 Å². The second kappa shape index (κ2) is 8.43. The number of rotatable bonds is 3. The summed E-state index contributed by atoms with van der Waals surface area (Å²) >= 11 is 3.69. The third-order valence-electron chi connectivity index (χ3n) is 4.93. The molecule has 0 aliphatic carbocycles. The molecule has 0 radical (unpaired) electrons. The maximum Gasteiger partial charge on any atom is 0.264 e. The van der Waals surface area contributed by atoms with Crippen molar-refractivity contribution in [3.8, 4) is 5.69 Å². The van der Waals surface area contributed by atoms with Crippen molar-refractivity contribution in [3.05, 3.63) is 85.1 Å². The van der Waals surface area contributed by atoms with Crippen LogP contribution in [0.15, 0.2) is 58.4 Å². The molecule has 1 aromatic heterocycles. The fourth-order valence-corrected chi connectivity index (χ4v) is 4.87. The topological polar surface area (TPSA) is 46.4 Å². The number of nitrogens with zero attached hydrogens (tertiary/aromatic N) is 2. The Bertz CT molecular complexity index is 1190. The van der Waals surface area contributed by atoms with Crippen LogP contribution >= 0.6 is 34.4 Å². The van der Waals surface area contributed by atoms with Crippen molar-refractivity contribution < 1.29 is 4.79 Å². The first-order valence-corrected chi connectivity index (χ1v) is 11.5. The summed E-state index contributed by atoms with van der Waals surface area (Å²) in [5, 5.41) is 3.50. The van der Waals surface area contributed by atoms with E-state index in [1.54, 1.807) is 0 Å². The van der Waals surface area contributed by atoms with Crippen LogP contribution in [0.4, 0.5) is 5.69 Å². The van der Waals surface area contributed by atoms with Crippen LogP contribution in [0.2, 0.25) is 0 Å². The molecule has 4 nitrogen and oxygen atoms in total. The number of amides is 1. The Morgan fingerprint density at radius 3 is 2.33 bits per heavy atom. The summed E-state index contributed by atoms with van der Waals surface area (Å²) in [4.78, 5) is 17.8. The van der Waals surface area contributed by atoms with Crippen molar-refractivity contribution in [3.63, 3.8) is 0 Å². The Morgan fingerprint density at radius 2 is 1.67 bits per heavy atom. The van der Waals surface area contributed by atoms with Crippen LogP contribution in [0.3, 0.4) is 0 Å². The number of aryl methyl sites for hydroxylation is 3. The quantitative estimate of drug-likeness (QED) is 0.326. The van der Waals surface area contributed by atoms with E-state index in [1.807, 2.05) is 32.1 Å². The van der Waals surface area contributed by atoms with E-state index in [9.17, 15) is 4.79 Å². The standard InChI is InChI=1S/C24H22IN3OS/c1-14-9-15(2)11-20(10-14)26-24-27-23(29)22(30-24)13-18-12-16(3)28(17(18)4)21-7-5-19(25)6-8-21/h5-13H,1-4H3,(H,26,27,29)/b22-13-. The predicted molar refractivity (Wildman–Crippen MR) is 135 cm³/mol. The predicted octanol–water partition coefficient (Wildman–Crippen LogP) is 6.21. The van der Waals surface area contributed by atoms with Crippen molar-refractivity contribution in [1.29, 1.82) is 0 Å². The van der Waals surface area contributed by atoms with Crippen LogP contribution < -0.4 is 5.32 Å². The molecule has 152 valence electrons. The molecule has 6 heteroatoms. The number of carbonyl (C=O) groups excluding carboxylic acids is 1. The molecule has 1 fully saturated rings. The lowest BCUT2D eigenvalue weighted by atomic mass is 10.1. The van der Waals surface area contributed by atoms with Crippen molar-refractivity contribution in [1.82, 2.24) is 9.88 Å². The van der Waals surface area contributed by atoms with Gasteiger partial charge >= 0.3 is 0 Å². The first-order chi connectivity index (χ1) is 14.3. The third-order valence-corrected chi connectivity index (χ3v) is 6.56. The lowest BCUT2D eigenvalue weighted by Gasteiger charge is -2.09. The molecule has 1 aliphatic heterocycles. The number of carbonyl (C=O) groups is 1. The van der Waals surface area contributed by atoms with Gasteiger partial charge in [0, 0.05) is 20.6 Å². The summed E-state index contributed by atoms with van der Waals surface area (Å²) < 4.78 is 3.42. The van der Waals surface area contributed by atoms with Crippen molar-refractivity contribution in [2.75, 3.05) is 0 Å². The maximum absolute atomic E-state index is 12.5. The number of hydrogen-bond acceptors (Lipinski definition) is 3. The van der Waals surface area contributed by atoms with Gasteiger partial charge in [0.25, 0.3) is 5.91 Å². The molecule has 0 spiro atoms. The molecule has 3 aromatic rings.